The number of carbonyl (C=O) groups is 1. The van der Waals surface area contributed by atoms with Crippen LogP contribution < -0.4 is 0 Å². The predicted molar refractivity (Wildman–Crippen MR) is 72.8 cm³/mol. The number of amides is 1. The topological polar surface area (TPSA) is 54.5 Å². The van der Waals surface area contributed by atoms with Gasteiger partial charge in [-0.25, -0.2) is 8.42 Å². The Kier molecular flexibility index (Phi) is 4.07. The highest BCUT2D eigenvalue weighted by atomic mass is 79.9. The van der Waals surface area contributed by atoms with E-state index in [9.17, 15) is 13.2 Å². The van der Waals surface area contributed by atoms with Gasteiger partial charge in [0.1, 0.15) is 5.75 Å². The fourth-order valence-electron chi connectivity index (χ4n) is 1.78. The molecule has 18 heavy (non-hydrogen) atoms. The van der Waals surface area contributed by atoms with Crippen LogP contribution in [0.3, 0.4) is 0 Å². The molecule has 1 aliphatic heterocycles. The SMILES string of the molecule is O=C(CS(=O)(=O)Cc1cccc(Br)c1)N1CCC1. The van der Waals surface area contributed by atoms with Crippen LogP contribution in [-0.2, 0) is 20.4 Å². The molecule has 1 aromatic carbocycles. The van der Waals surface area contributed by atoms with Crippen molar-refractivity contribution in [1.29, 1.82) is 0 Å². The van der Waals surface area contributed by atoms with E-state index in [1.807, 2.05) is 6.07 Å². The average molecular weight is 332 g/mol. The minimum Gasteiger partial charge on any atom is -0.342 e. The second-order valence-electron chi connectivity index (χ2n) is 4.40. The van der Waals surface area contributed by atoms with Crippen molar-refractivity contribution in [2.24, 2.45) is 0 Å². The Morgan fingerprint density at radius 2 is 2.06 bits per heavy atom. The van der Waals surface area contributed by atoms with Gasteiger partial charge in [-0.3, -0.25) is 4.79 Å². The molecule has 0 unspecified atom stereocenters. The number of sulfone groups is 1. The zero-order chi connectivity index (χ0) is 13.2. The third-order valence-corrected chi connectivity index (χ3v) is 4.78. The molecule has 1 aromatic rings. The first-order valence-corrected chi connectivity index (χ1v) is 8.30. The fourth-order valence-corrected chi connectivity index (χ4v) is 3.57. The normalized spacial score (nSPS) is 15.3. The van der Waals surface area contributed by atoms with Gasteiger partial charge in [0, 0.05) is 17.6 Å². The summed E-state index contributed by atoms with van der Waals surface area (Å²) in [6, 6.07) is 7.12. The van der Waals surface area contributed by atoms with E-state index in [0.29, 0.717) is 18.7 Å². The molecular weight excluding hydrogens is 318 g/mol. The molecule has 0 atom stereocenters. The van der Waals surface area contributed by atoms with Gasteiger partial charge in [0.05, 0.1) is 5.75 Å². The van der Waals surface area contributed by atoms with E-state index in [1.54, 1.807) is 23.1 Å². The first-order chi connectivity index (χ1) is 8.46. The minimum atomic E-state index is -3.38. The Morgan fingerprint density at radius 1 is 1.33 bits per heavy atom. The highest BCUT2D eigenvalue weighted by Crippen LogP contribution is 2.15. The van der Waals surface area contributed by atoms with Gasteiger partial charge in [0.2, 0.25) is 5.91 Å². The molecule has 98 valence electrons. The molecule has 1 aliphatic rings. The maximum atomic E-state index is 11.9. The predicted octanol–water partition coefficient (Wildman–Crippen LogP) is 1.60. The van der Waals surface area contributed by atoms with Crippen molar-refractivity contribution in [2.45, 2.75) is 12.2 Å². The summed E-state index contributed by atoms with van der Waals surface area (Å²) in [5.41, 5.74) is 0.695. The highest BCUT2D eigenvalue weighted by Gasteiger charge is 2.25. The smallest absolute Gasteiger partial charge is 0.237 e. The number of hydrogen-bond acceptors (Lipinski definition) is 3. The van der Waals surface area contributed by atoms with Gasteiger partial charge < -0.3 is 4.90 Å². The number of halogens is 1. The summed E-state index contributed by atoms with van der Waals surface area (Å²) in [5, 5.41) is 0. The first kappa shape index (κ1) is 13.5. The third-order valence-electron chi connectivity index (χ3n) is 2.83. The second kappa shape index (κ2) is 5.40. The minimum absolute atomic E-state index is 0.0913. The van der Waals surface area contributed by atoms with Gasteiger partial charge in [-0.1, -0.05) is 28.1 Å². The lowest BCUT2D eigenvalue weighted by Crippen LogP contribution is -2.44. The van der Waals surface area contributed by atoms with E-state index in [4.69, 9.17) is 0 Å². The van der Waals surface area contributed by atoms with E-state index in [0.717, 1.165) is 10.9 Å². The van der Waals surface area contributed by atoms with Gasteiger partial charge in [-0.05, 0) is 24.1 Å². The van der Waals surface area contributed by atoms with Crippen molar-refractivity contribution in [3.8, 4) is 0 Å². The van der Waals surface area contributed by atoms with Crippen LogP contribution in [0.2, 0.25) is 0 Å². The van der Waals surface area contributed by atoms with Crippen molar-refractivity contribution in [1.82, 2.24) is 4.90 Å². The first-order valence-electron chi connectivity index (χ1n) is 5.69. The van der Waals surface area contributed by atoms with Crippen molar-refractivity contribution >= 4 is 31.7 Å². The average Bonchev–Trinajstić information content (AvgIpc) is 2.11. The molecule has 1 amide bonds. The molecule has 0 aliphatic carbocycles. The summed E-state index contributed by atoms with van der Waals surface area (Å²) in [6.45, 7) is 1.37. The summed E-state index contributed by atoms with van der Waals surface area (Å²) in [5.74, 6) is -0.762. The van der Waals surface area contributed by atoms with E-state index in [1.165, 1.54) is 0 Å². The molecule has 6 heteroatoms. The number of nitrogens with zero attached hydrogens (tertiary/aromatic N) is 1. The monoisotopic (exact) mass is 331 g/mol. The largest absolute Gasteiger partial charge is 0.342 e. The maximum Gasteiger partial charge on any atom is 0.237 e. The lowest BCUT2D eigenvalue weighted by Gasteiger charge is -2.30. The number of likely N-dealkylation sites (tertiary alicyclic amines) is 1. The standard InChI is InChI=1S/C12H14BrNO3S/c13-11-4-1-3-10(7-11)8-18(16,17)9-12(15)14-5-2-6-14/h1,3-4,7H,2,5-6,8-9H2. The summed E-state index contributed by atoms with van der Waals surface area (Å²) < 4.78 is 24.6. The molecule has 1 saturated heterocycles. The molecule has 0 aromatic heterocycles. The Morgan fingerprint density at radius 3 is 2.61 bits per heavy atom. The Labute approximate surface area is 115 Å². The molecule has 0 radical (unpaired) electrons. The van der Waals surface area contributed by atoms with Crippen LogP contribution in [0.4, 0.5) is 0 Å². The van der Waals surface area contributed by atoms with Crippen molar-refractivity contribution < 1.29 is 13.2 Å². The number of benzene rings is 1. The van der Waals surface area contributed by atoms with Crippen molar-refractivity contribution in [2.75, 3.05) is 18.8 Å². The Bertz CT molecular complexity index is 552. The van der Waals surface area contributed by atoms with E-state index >= 15 is 0 Å². The van der Waals surface area contributed by atoms with Crippen LogP contribution in [0, 0.1) is 0 Å². The molecule has 0 saturated carbocycles. The third kappa shape index (κ3) is 3.55. The molecule has 2 rings (SSSR count). The van der Waals surface area contributed by atoms with Gasteiger partial charge in [-0.2, -0.15) is 0 Å². The van der Waals surface area contributed by atoms with Crippen LogP contribution in [0.25, 0.3) is 0 Å². The van der Waals surface area contributed by atoms with Gasteiger partial charge in [0.15, 0.2) is 9.84 Å². The lowest BCUT2D eigenvalue weighted by atomic mass is 10.2. The van der Waals surface area contributed by atoms with E-state index in [-0.39, 0.29) is 17.4 Å². The van der Waals surface area contributed by atoms with Gasteiger partial charge in [0.25, 0.3) is 0 Å². The zero-order valence-electron chi connectivity index (χ0n) is 9.80. The van der Waals surface area contributed by atoms with Crippen LogP contribution in [0.15, 0.2) is 28.7 Å². The molecule has 4 nitrogen and oxygen atoms in total. The van der Waals surface area contributed by atoms with Crippen LogP contribution >= 0.6 is 15.9 Å². The summed E-state index contributed by atoms with van der Waals surface area (Å²) in [6.07, 6.45) is 0.970. The lowest BCUT2D eigenvalue weighted by molar-refractivity contribution is -0.131. The quantitative estimate of drug-likeness (QED) is 0.842. The molecule has 0 N–H and O–H groups in total. The van der Waals surface area contributed by atoms with Crippen LogP contribution in [0.1, 0.15) is 12.0 Å². The number of rotatable bonds is 4. The van der Waals surface area contributed by atoms with Gasteiger partial charge in [-0.15, -0.1) is 0 Å². The van der Waals surface area contributed by atoms with E-state index in [2.05, 4.69) is 15.9 Å². The second-order valence-corrected chi connectivity index (χ2v) is 7.38. The van der Waals surface area contributed by atoms with Crippen molar-refractivity contribution in [3.05, 3.63) is 34.3 Å². The fraction of sp³-hybridized carbons (Fsp3) is 0.417. The maximum absolute atomic E-state index is 11.9. The summed E-state index contributed by atoms with van der Waals surface area (Å²) in [7, 11) is -3.38. The summed E-state index contributed by atoms with van der Waals surface area (Å²) in [4.78, 5) is 13.2. The Hall–Kier alpha value is -0.880. The molecular formula is C12H14BrNO3S. The highest BCUT2D eigenvalue weighted by molar-refractivity contribution is 9.10. The molecule has 0 bridgehead atoms. The Balaban J connectivity index is 2.00. The van der Waals surface area contributed by atoms with Crippen molar-refractivity contribution in [3.63, 3.8) is 0 Å². The number of hydrogen-bond donors (Lipinski definition) is 0. The van der Waals surface area contributed by atoms with Gasteiger partial charge >= 0.3 is 0 Å². The zero-order valence-corrected chi connectivity index (χ0v) is 12.2. The van der Waals surface area contributed by atoms with E-state index < -0.39 is 9.84 Å². The van der Waals surface area contributed by atoms with Crippen LogP contribution in [0.5, 0.6) is 0 Å². The number of carbonyl (C=O) groups excluding carboxylic acids is 1. The molecule has 0 spiro atoms. The van der Waals surface area contributed by atoms with Crippen LogP contribution in [-0.4, -0.2) is 38.1 Å². The molecule has 1 heterocycles. The summed E-state index contributed by atoms with van der Waals surface area (Å²) >= 11 is 3.29. The molecule has 1 fully saturated rings.